The first-order chi connectivity index (χ1) is 13.1. The second-order valence-corrected chi connectivity index (χ2v) is 6.58. The van der Waals surface area contributed by atoms with Crippen molar-refractivity contribution in [2.75, 3.05) is 37.8 Å². The van der Waals surface area contributed by atoms with E-state index < -0.39 is 6.61 Å². The van der Waals surface area contributed by atoms with Gasteiger partial charge in [-0.3, -0.25) is 9.69 Å². The predicted molar refractivity (Wildman–Crippen MR) is 103 cm³/mol. The summed E-state index contributed by atoms with van der Waals surface area (Å²) in [6, 6.07) is 14.8. The molecule has 1 fully saturated rings. The smallest absolute Gasteiger partial charge is 0.324 e. The number of urea groups is 1. The highest BCUT2D eigenvalue weighted by molar-refractivity contribution is 5.97. The molecule has 2 aromatic rings. The van der Waals surface area contributed by atoms with Crippen molar-refractivity contribution >= 4 is 17.5 Å². The van der Waals surface area contributed by atoms with Gasteiger partial charge in [0, 0.05) is 24.3 Å². The number of morpholine rings is 1. The number of nitrogens with zero attached hydrogens (tertiary/aromatic N) is 2. The highest BCUT2D eigenvalue weighted by Crippen LogP contribution is 2.21. The Hall–Kier alpha value is -2.70. The number of hydrogen-bond acceptors (Lipinski definition) is 4. The molecule has 6 nitrogen and oxygen atoms in total. The highest BCUT2D eigenvalue weighted by Gasteiger charge is 2.24. The molecule has 1 aliphatic heterocycles. The minimum atomic E-state index is -0.510. The minimum absolute atomic E-state index is 0.0577. The van der Waals surface area contributed by atoms with Crippen LogP contribution in [0, 0.1) is 6.92 Å². The van der Waals surface area contributed by atoms with E-state index in [9.17, 15) is 9.59 Å². The number of amides is 2. The molecule has 0 atom stereocenters. The normalized spacial score (nSPS) is 14.1. The van der Waals surface area contributed by atoms with Gasteiger partial charge in [0.25, 0.3) is 0 Å². The van der Waals surface area contributed by atoms with Gasteiger partial charge in [0.15, 0.2) is 5.78 Å². The van der Waals surface area contributed by atoms with Crippen molar-refractivity contribution < 1.29 is 19.4 Å². The summed E-state index contributed by atoms with van der Waals surface area (Å²) in [5.41, 5.74) is 3.33. The number of ether oxygens (including phenoxy) is 1. The van der Waals surface area contributed by atoms with E-state index in [2.05, 4.69) is 0 Å². The van der Waals surface area contributed by atoms with E-state index in [1.807, 2.05) is 43.3 Å². The fourth-order valence-electron chi connectivity index (χ4n) is 2.99. The summed E-state index contributed by atoms with van der Waals surface area (Å²) in [6.07, 6.45) is 0. The van der Waals surface area contributed by atoms with Crippen molar-refractivity contribution in [3.05, 3.63) is 65.2 Å². The Morgan fingerprint density at radius 1 is 1.04 bits per heavy atom. The van der Waals surface area contributed by atoms with Crippen LogP contribution in [0.25, 0.3) is 0 Å². The first-order valence-electron chi connectivity index (χ1n) is 9.02. The fourth-order valence-corrected chi connectivity index (χ4v) is 2.99. The molecule has 0 aliphatic carbocycles. The van der Waals surface area contributed by atoms with Crippen molar-refractivity contribution in [3.63, 3.8) is 0 Å². The molecule has 0 unspecified atom stereocenters. The van der Waals surface area contributed by atoms with E-state index in [1.54, 1.807) is 21.9 Å². The van der Waals surface area contributed by atoms with Gasteiger partial charge in [0.1, 0.15) is 6.61 Å². The summed E-state index contributed by atoms with van der Waals surface area (Å²) in [4.78, 5) is 28.2. The lowest BCUT2D eigenvalue weighted by molar-refractivity contribution is 0.0548. The Morgan fingerprint density at radius 2 is 1.67 bits per heavy atom. The van der Waals surface area contributed by atoms with Gasteiger partial charge >= 0.3 is 6.03 Å². The monoisotopic (exact) mass is 368 g/mol. The lowest BCUT2D eigenvalue weighted by Crippen LogP contribution is -2.48. The molecule has 1 saturated heterocycles. The summed E-state index contributed by atoms with van der Waals surface area (Å²) in [6.45, 7) is 4.14. The molecule has 0 radical (unpaired) electrons. The number of Topliss-reactive ketones (excluding diaryl/α,β-unsaturated/α-hetero) is 1. The van der Waals surface area contributed by atoms with Crippen LogP contribution in [0.5, 0.6) is 0 Å². The maximum Gasteiger partial charge on any atom is 0.324 e. The molecule has 142 valence electrons. The lowest BCUT2D eigenvalue weighted by atomic mass is 10.1. The van der Waals surface area contributed by atoms with Crippen LogP contribution in [-0.4, -0.2) is 54.7 Å². The molecule has 0 aromatic heterocycles. The van der Waals surface area contributed by atoms with E-state index in [0.29, 0.717) is 38.4 Å². The number of anilines is 1. The molecule has 6 heteroatoms. The van der Waals surface area contributed by atoms with E-state index >= 15 is 0 Å². The summed E-state index contributed by atoms with van der Waals surface area (Å²) in [5.74, 6) is -0.318. The summed E-state index contributed by atoms with van der Waals surface area (Å²) >= 11 is 0. The van der Waals surface area contributed by atoms with Crippen molar-refractivity contribution in [2.24, 2.45) is 0 Å². The Labute approximate surface area is 159 Å². The molecule has 2 amide bonds. The molecule has 27 heavy (non-hydrogen) atoms. The van der Waals surface area contributed by atoms with Gasteiger partial charge in [-0.2, -0.15) is 0 Å². The van der Waals surface area contributed by atoms with E-state index in [-0.39, 0.29) is 11.8 Å². The van der Waals surface area contributed by atoms with Crippen LogP contribution in [0.3, 0.4) is 0 Å². The maximum absolute atomic E-state index is 13.1. The van der Waals surface area contributed by atoms with Crippen LogP contribution in [0.15, 0.2) is 48.5 Å². The largest absolute Gasteiger partial charge is 0.388 e. The SMILES string of the molecule is Cc1ccc(N(Cc2ccc(C(=O)CO)cc2)C(=O)N2CCOCC2)cc1. The Bertz CT molecular complexity index is 781. The molecular formula is C21H24N2O4. The second kappa shape index (κ2) is 8.79. The van der Waals surface area contributed by atoms with Crippen LogP contribution in [0.1, 0.15) is 21.5 Å². The number of aliphatic hydroxyl groups is 1. The number of carbonyl (C=O) groups excluding carboxylic acids is 2. The highest BCUT2D eigenvalue weighted by atomic mass is 16.5. The maximum atomic E-state index is 13.1. The quantitative estimate of drug-likeness (QED) is 0.824. The Morgan fingerprint density at radius 3 is 2.26 bits per heavy atom. The predicted octanol–water partition coefficient (Wildman–Crippen LogP) is 2.63. The summed E-state index contributed by atoms with van der Waals surface area (Å²) < 4.78 is 5.35. The summed E-state index contributed by atoms with van der Waals surface area (Å²) in [5, 5.41) is 8.97. The van der Waals surface area contributed by atoms with Crippen molar-refractivity contribution in [3.8, 4) is 0 Å². The van der Waals surface area contributed by atoms with Gasteiger partial charge in [-0.05, 0) is 24.6 Å². The molecule has 0 saturated carbocycles. The second-order valence-electron chi connectivity index (χ2n) is 6.58. The average molecular weight is 368 g/mol. The third-order valence-electron chi connectivity index (χ3n) is 4.62. The van der Waals surface area contributed by atoms with E-state index in [4.69, 9.17) is 9.84 Å². The van der Waals surface area contributed by atoms with E-state index in [1.165, 1.54) is 0 Å². The zero-order valence-corrected chi connectivity index (χ0v) is 15.4. The molecule has 1 heterocycles. The van der Waals surface area contributed by atoms with Gasteiger partial charge in [-0.25, -0.2) is 4.79 Å². The van der Waals surface area contributed by atoms with E-state index in [0.717, 1.165) is 16.8 Å². The van der Waals surface area contributed by atoms with Crippen LogP contribution < -0.4 is 4.90 Å². The van der Waals surface area contributed by atoms with Gasteiger partial charge in [-0.15, -0.1) is 0 Å². The number of ketones is 1. The number of rotatable bonds is 5. The van der Waals surface area contributed by atoms with Crippen LogP contribution in [0.4, 0.5) is 10.5 Å². The van der Waals surface area contributed by atoms with Gasteiger partial charge in [0.2, 0.25) is 0 Å². The molecule has 1 N–H and O–H groups in total. The first-order valence-corrected chi connectivity index (χ1v) is 9.02. The van der Waals surface area contributed by atoms with Crippen molar-refractivity contribution in [1.82, 2.24) is 4.90 Å². The Kier molecular flexibility index (Phi) is 6.21. The minimum Gasteiger partial charge on any atom is -0.388 e. The van der Waals surface area contributed by atoms with Gasteiger partial charge in [-0.1, -0.05) is 42.0 Å². The summed E-state index contributed by atoms with van der Waals surface area (Å²) in [7, 11) is 0. The number of carbonyl (C=O) groups is 2. The first kappa shape index (κ1) is 19.1. The molecule has 3 rings (SSSR count). The number of aryl methyl sites for hydroxylation is 1. The van der Waals surface area contributed by atoms with Gasteiger partial charge in [0.05, 0.1) is 19.8 Å². The van der Waals surface area contributed by atoms with Crippen molar-refractivity contribution in [1.29, 1.82) is 0 Å². The lowest BCUT2D eigenvalue weighted by Gasteiger charge is -2.33. The molecule has 0 spiro atoms. The van der Waals surface area contributed by atoms with Crippen LogP contribution in [-0.2, 0) is 11.3 Å². The zero-order chi connectivity index (χ0) is 19.2. The Balaban J connectivity index is 1.83. The number of aliphatic hydroxyl groups excluding tert-OH is 1. The molecule has 2 aromatic carbocycles. The van der Waals surface area contributed by atoms with Gasteiger partial charge < -0.3 is 14.7 Å². The average Bonchev–Trinajstić information content (AvgIpc) is 2.73. The standard InChI is InChI=1S/C21H24N2O4/c1-16-2-8-19(9-3-16)23(21(26)22-10-12-27-13-11-22)14-17-4-6-18(7-5-17)20(25)15-24/h2-9,24H,10-15H2,1H3. The zero-order valence-electron chi connectivity index (χ0n) is 15.4. The molecule has 0 bridgehead atoms. The number of hydrogen-bond donors (Lipinski definition) is 1. The van der Waals surface area contributed by atoms with Crippen LogP contribution in [0.2, 0.25) is 0 Å². The topological polar surface area (TPSA) is 70.1 Å². The third kappa shape index (κ3) is 4.72. The molecule has 1 aliphatic rings. The molecular weight excluding hydrogens is 344 g/mol. The fraction of sp³-hybridized carbons (Fsp3) is 0.333. The third-order valence-corrected chi connectivity index (χ3v) is 4.62. The van der Waals surface area contributed by atoms with Crippen LogP contribution >= 0.6 is 0 Å². The van der Waals surface area contributed by atoms with Crippen molar-refractivity contribution in [2.45, 2.75) is 13.5 Å². The number of benzene rings is 2.